The lowest BCUT2D eigenvalue weighted by atomic mass is 10.1. The molecule has 0 saturated heterocycles. The summed E-state index contributed by atoms with van der Waals surface area (Å²) < 4.78 is 7.26. The van der Waals surface area contributed by atoms with Gasteiger partial charge in [0.1, 0.15) is 0 Å². The molecule has 0 aliphatic carbocycles. The van der Waals surface area contributed by atoms with Crippen molar-refractivity contribution in [3.63, 3.8) is 0 Å². The maximum atomic E-state index is 12.6. The molecule has 5 nitrogen and oxygen atoms in total. The number of hydrogen-bond acceptors (Lipinski definition) is 3. The van der Waals surface area contributed by atoms with Gasteiger partial charge in [-0.1, -0.05) is 36.4 Å². The van der Waals surface area contributed by atoms with Gasteiger partial charge in [0.2, 0.25) is 0 Å². The largest absolute Gasteiger partial charge is 0.372 e. The van der Waals surface area contributed by atoms with Crippen molar-refractivity contribution in [2.45, 2.75) is 26.7 Å². The molecule has 126 valence electrons. The van der Waals surface area contributed by atoms with Crippen LogP contribution in [0.1, 0.15) is 32.7 Å². The maximum Gasteiger partial charge on any atom is 0.259 e. The summed E-state index contributed by atoms with van der Waals surface area (Å²) in [6.45, 7) is 3.82. The fourth-order valence-corrected chi connectivity index (χ4v) is 3.03. The first-order valence-electron chi connectivity index (χ1n) is 8.28. The number of anilines is 1. The van der Waals surface area contributed by atoms with E-state index in [1.165, 1.54) is 5.56 Å². The Morgan fingerprint density at radius 2 is 1.96 bits per heavy atom. The second kappa shape index (κ2) is 6.53. The molecule has 0 saturated carbocycles. The molecule has 1 aliphatic rings. The number of amides is 1. The summed E-state index contributed by atoms with van der Waals surface area (Å²) in [7, 11) is 0. The Bertz CT molecular complexity index is 916. The number of benzene rings is 2. The summed E-state index contributed by atoms with van der Waals surface area (Å²) in [5, 5.41) is 7.33. The third-order valence-electron chi connectivity index (χ3n) is 4.50. The molecule has 2 aromatic carbocycles. The molecule has 1 aliphatic heterocycles. The number of ether oxygens (including phenoxy) is 1. The summed E-state index contributed by atoms with van der Waals surface area (Å²) >= 11 is 0. The van der Waals surface area contributed by atoms with Crippen molar-refractivity contribution in [3.05, 3.63) is 82.7 Å². The molecular formula is C20H19N3O2. The molecule has 0 radical (unpaired) electrons. The van der Waals surface area contributed by atoms with Gasteiger partial charge in [0, 0.05) is 11.4 Å². The number of hydrogen-bond donors (Lipinski definition) is 1. The van der Waals surface area contributed by atoms with Gasteiger partial charge in [-0.3, -0.25) is 9.48 Å². The van der Waals surface area contributed by atoms with Crippen LogP contribution >= 0.6 is 0 Å². The van der Waals surface area contributed by atoms with E-state index in [0.717, 1.165) is 22.5 Å². The van der Waals surface area contributed by atoms with Crippen molar-refractivity contribution in [3.8, 4) is 0 Å². The van der Waals surface area contributed by atoms with E-state index in [1.807, 2.05) is 60.1 Å². The summed E-state index contributed by atoms with van der Waals surface area (Å²) in [4.78, 5) is 12.6. The van der Waals surface area contributed by atoms with E-state index in [2.05, 4.69) is 10.4 Å². The number of fused-ring (bicyclic) bond motifs is 1. The minimum Gasteiger partial charge on any atom is -0.372 e. The van der Waals surface area contributed by atoms with Gasteiger partial charge in [0.05, 0.1) is 31.5 Å². The second-order valence-electron chi connectivity index (χ2n) is 6.22. The normalized spacial score (nSPS) is 12.8. The van der Waals surface area contributed by atoms with Crippen LogP contribution in [0.3, 0.4) is 0 Å². The van der Waals surface area contributed by atoms with Crippen LogP contribution in [0.2, 0.25) is 0 Å². The SMILES string of the molecule is Cc1c(C(=O)Nc2ccc3c(c2)COC3)cnn1Cc1ccccc1. The summed E-state index contributed by atoms with van der Waals surface area (Å²) in [6.07, 6.45) is 1.63. The Balaban J connectivity index is 1.51. The van der Waals surface area contributed by atoms with Crippen molar-refractivity contribution >= 4 is 11.6 Å². The maximum absolute atomic E-state index is 12.6. The average molecular weight is 333 g/mol. The molecule has 4 rings (SSSR count). The smallest absolute Gasteiger partial charge is 0.259 e. The van der Waals surface area contributed by atoms with Crippen LogP contribution in [0.5, 0.6) is 0 Å². The van der Waals surface area contributed by atoms with Crippen LogP contribution < -0.4 is 5.32 Å². The zero-order valence-corrected chi connectivity index (χ0v) is 14.0. The van der Waals surface area contributed by atoms with E-state index in [1.54, 1.807) is 6.20 Å². The fourth-order valence-electron chi connectivity index (χ4n) is 3.03. The molecule has 1 aromatic heterocycles. The topological polar surface area (TPSA) is 56.1 Å². The van der Waals surface area contributed by atoms with Crippen LogP contribution in [0.25, 0.3) is 0 Å². The number of nitrogens with zero attached hydrogens (tertiary/aromatic N) is 2. The second-order valence-corrected chi connectivity index (χ2v) is 6.22. The Morgan fingerprint density at radius 1 is 1.16 bits per heavy atom. The van der Waals surface area contributed by atoms with Gasteiger partial charge in [-0.05, 0) is 35.7 Å². The third kappa shape index (κ3) is 3.19. The van der Waals surface area contributed by atoms with E-state index in [4.69, 9.17) is 4.74 Å². The van der Waals surface area contributed by atoms with E-state index in [9.17, 15) is 4.79 Å². The van der Waals surface area contributed by atoms with Crippen molar-refractivity contribution in [1.82, 2.24) is 9.78 Å². The molecule has 25 heavy (non-hydrogen) atoms. The van der Waals surface area contributed by atoms with Crippen molar-refractivity contribution < 1.29 is 9.53 Å². The van der Waals surface area contributed by atoms with Crippen molar-refractivity contribution in [2.75, 3.05) is 5.32 Å². The quantitative estimate of drug-likeness (QED) is 0.795. The first kappa shape index (κ1) is 15.6. The number of carbonyl (C=O) groups is 1. The Hall–Kier alpha value is -2.92. The lowest BCUT2D eigenvalue weighted by Gasteiger charge is -2.08. The molecule has 0 unspecified atom stereocenters. The van der Waals surface area contributed by atoms with Gasteiger partial charge in [0.25, 0.3) is 5.91 Å². The molecule has 0 bridgehead atoms. The summed E-state index contributed by atoms with van der Waals surface area (Å²) in [5.41, 5.74) is 5.70. The van der Waals surface area contributed by atoms with Gasteiger partial charge >= 0.3 is 0 Å². The molecule has 0 atom stereocenters. The minimum atomic E-state index is -0.143. The Kier molecular flexibility index (Phi) is 4.07. The fraction of sp³-hybridized carbons (Fsp3) is 0.200. The predicted octanol–water partition coefficient (Wildman–Crippen LogP) is 3.52. The minimum absolute atomic E-state index is 0.143. The third-order valence-corrected chi connectivity index (χ3v) is 4.50. The van der Waals surface area contributed by atoms with Gasteiger partial charge in [-0.2, -0.15) is 5.10 Å². The molecule has 3 aromatic rings. The number of carbonyl (C=O) groups excluding carboxylic acids is 1. The van der Waals surface area contributed by atoms with Crippen LogP contribution in [0.4, 0.5) is 5.69 Å². The van der Waals surface area contributed by atoms with Gasteiger partial charge in [-0.15, -0.1) is 0 Å². The van der Waals surface area contributed by atoms with Crippen molar-refractivity contribution in [2.24, 2.45) is 0 Å². The van der Waals surface area contributed by atoms with E-state index in [-0.39, 0.29) is 5.91 Å². The zero-order chi connectivity index (χ0) is 17.2. The highest BCUT2D eigenvalue weighted by atomic mass is 16.5. The van der Waals surface area contributed by atoms with Gasteiger partial charge in [0.15, 0.2) is 0 Å². The molecule has 0 fully saturated rings. The predicted molar refractivity (Wildman–Crippen MR) is 95.4 cm³/mol. The van der Waals surface area contributed by atoms with E-state index in [0.29, 0.717) is 25.3 Å². The first-order valence-corrected chi connectivity index (χ1v) is 8.28. The lowest BCUT2D eigenvalue weighted by molar-refractivity contribution is 0.102. The van der Waals surface area contributed by atoms with E-state index >= 15 is 0 Å². The molecule has 1 N–H and O–H groups in total. The highest BCUT2D eigenvalue weighted by Crippen LogP contribution is 2.23. The van der Waals surface area contributed by atoms with E-state index < -0.39 is 0 Å². The summed E-state index contributed by atoms with van der Waals surface area (Å²) in [6, 6.07) is 16.0. The van der Waals surface area contributed by atoms with Crippen LogP contribution in [-0.4, -0.2) is 15.7 Å². The Labute approximate surface area is 146 Å². The standard InChI is InChI=1S/C20H19N3O2/c1-14-19(10-21-23(14)11-15-5-3-2-4-6-15)20(24)22-18-8-7-16-12-25-13-17(16)9-18/h2-10H,11-13H2,1H3,(H,22,24). The van der Waals surface area contributed by atoms with Gasteiger partial charge in [-0.25, -0.2) is 0 Å². The molecule has 2 heterocycles. The highest BCUT2D eigenvalue weighted by Gasteiger charge is 2.16. The first-order chi connectivity index (χ1) is 12.2. The average Bonchev–Trinajstić information content (AvgIpc) is 3.23. The summed E-state index contributed by atoms with van der Waals surface area (Å²) in [5.74, 6) is -0.143. The number of aromatic nitrogens is 2. The number of nitrogens with one attached hydrogen (secondary N) is 1. The number of rotatable bonds is 4. The molecule has 1 amide bonds. The molecule has 5 heteroatoms. The molecule has 0 spiro atoms. The lowest BCUT2D eigenvalue weighted by Crippen LogP contribution is -2.13. The Morgan fingerprint density at radius 3 is 2.80 bits per heavy atom. The van der Waals surface area contributed by atoms with Crippen LogP contribution in [0, 0.1) is 6.92 Å². The highest BCUT2D eigenvalue weighted by molar-refractivity contribution is 6.04. The monoisotopic (exact) mass is 333 g/mol. The van der Waals surface area contributed by atoms with Crippen LogP contribution in [-0.2, 0) is 24.5 Å². The zero-order valence-electron chi connectivity index (χ0n) is 14.0. The van der Waals surface area contributed by atoms with Crippen molar-refractivity contribution in [1.29, 1.82) is 0 Å². The molecular weight excluding hydrogens is 314 g/mol. The van der Waals surface area contributed by atoms with Crippen LogP contribution in [0.15, 0.2) is 54.7 Å². The van der Waals surface area contributed by atoms with Gasteiger partial charge < -0.3 is 10.1 Å².